The van der Waals surface area contributed by atoms with Gasteiger partial charge in [0.25, 0.3) is 0 Å². The molecule has 5 heteroatoms. The third kappa shape index (κ3) is 2.95. The Balaban J connectivity index is 2.52. The Morgan fingerprint density at radius 3 is 2.30 bits per heavy atom. The average molecular weight is 316 g/mol. The Morgan fingerprint density at radius 2 is 1.70 bits per heavy atom. The fourth-order valence-corrected chi connectivity index (χ4v) is 2.40. The van der Waals surface area contributed by atoms with Crippen molar-refractivity contribution in [3.05, 3.63) is 68.7 Å². The number of nitrogens with one attached hydrogen (secondary N) is 1. The van der Waals surface area contributed by atoms with Gasteiger partial charge in [-0.25, -0.2) is 8.78 Å². The minimum absolute atomic E-state index is 0.366. The number of benzene rings is 2. The summed E-state index contributed by atoms with van der Waals surface area (Å²) in [6, 6.07) is 7.04. The first-order valence-electron chi connectivity index (χ1n) is 6.01. The summed E-state index contributed by atoms with van der Waals surface area (Å²) in [7, 11) is 1.70. The van der Waals surface area contributed by atoms with Gasteiger partial charge < -0.3 is 5.32 Å². The SMILES string of the molecule is CNC(c1ccc(Cl)c(Cl)c1)c1cc(C)c(F)cc1F. The predicted molar refractivity (Wildman–Crippen MR) is 78.5 cm³/mol. The highest BCUT2D eigenvalue weighted by Gasteiger charge is 2.18. The molecule has 0 fully saturated rings. The van der Waals surface area contributed by atoms with Gasteiger partial charge in [0, 0.05) is 11.6 Å². The van der Waals surface area contributed by atoms with Crippen molar-refractivity contribution in [2.45, 2.75) is 13.0 Å². The Morgan fingerprint density at radius 1 is 1.00 bits per heavy atom. The number of hydrogen-bond acceptors (Lipinski definition) is 1. The van der Waals surface area contributed by atoms with E-state index in [2.05, 4.69) is 5.32 Å². The fourth-order valence-electron chi connectivity index (χ4n) is 2.09. The maximum absolute atomic E-state index is 14.0. The molecule has 1 atom stereocenters. The molecule has 2 aromatic rings. The van der Waals surface area contributed by atoms with E-state index in [4.69, 9.17) is 23.2 Å². The first-order chi connectivity index (χ1) is 9.43. The number of hydrogen-bond donors (Lipinski definition) is 1. The molecule has 0 heterocycles. The quantitative estimate of drug-likeness (QED) is 0.850. The third-order valence-electron chi connectivity index (χ3n) is 3.15. The first kappa shape index (κ1) is 15.2. The Bertz CT molecular complexity index is 644. The molecule has 0 aliphatic heterocycles. The van der Waals surface area contributed by atoms with E-state index in [1.54, 1.807) is 32.2 Å². The number of rotatable bonds is 3. The van der Waals surface area contributed by atoms with Gasteiger partial charge in [0.2, 0.25) is 0 Å². The second kappa shape index (κ2) is 6.08. The van der Waals surface area contributed by atoms with Gasteiger partial charge in [-0.05, 0) is 43.3 Å². The number of aryl methyl sites for hydroxylation is 1. The predicted octanol–water partition coefficient (Wildman–Crippen LogP) is 4.89. The van der Waals surface area contributed by atoms with Crippen LogP contribution in [-0.2, 0) is 0 Å². The third-order valence-corrected chi connectivity index (χ3v) is 3.89. The van der Waals surface area contributed by atoms with Gasteiger partial charge in [0.15, 0.2) is 0 Å². The van der Waals surface area contributed by atoms with Crippen molar-refractivity contribution >= 4 is 23.2 Å². The lowest BCUT2D eigenvalue weighted by atomic mass is 9.96. The smallest absolute Gasteiger partial charge is 0.131 e. The Kier molecular flexibility index (Phi) is 4.63. The molecule has 2 rings (SSSR count). The number of halogens is 4. The molecule has 0 radical (unpaired) electrons. The maximum atomic E-state index is 14.0. The highest BCUT2D eigenvalue weighted by molar-refractivity contribution is 6.42. The van der Waals surface area contributed by atoms with E-state index >= 15 is 0 Å². The molecule has 2 aromatic carbocycles. The molecular formula is C15H13Cl2F2N. The molecule has 0 saturated carbocycles. The molecule has 0 spiro atoms. The second-order valence-electron chi connectivity index (χ2n) is 4.52. The van der Waals surface area contributed by atoms with Crippen molar-refractivity contribution in [3.63, 3.8) is 0 Å². The van der Waals surface area contributed by atoms with Crippen LogP contribution < -0.4 is 5.32 Å². The summed E-state index contributed by atoms with van der Waals surface area (Å²) >= 11 is 11.9. The van der Waals surface area contributed by atoms with Crippen molar-refractivity contribution in [3.8, 4) is 0 Å². The van der Waals surface area contributed by atoms with Crippen LogP contribution in [0.1, 0.15) is 22.7 Å². The van der Waals surface area contributed by atoms with Crippen LogP contribution in [0.4, 0.5) is 8.78 Å². The van der Waals surface area contributed by atoms with E-state index in [1.165, 1.54) is 6.07 Å². The largest absolute Gasteiger partial charge is 0.309 e. The van der Waals surface area contributed by atoms with Crippen LogP contribution >= 0.6 is 23.2 Å². The topological polar surface area (TPSA) is 12.0 Å². The van der Waals surface area contributed by atoms with E-state index in [0.717, 1.165) is 11.6 Å². The van der Waals surface area contributed by atoms with Crippen LogP contribution in [-0.4, -0.2) is 7.05 Å². The lowest BCUT2D eigenvalue weighted by Gasteiger charge is -2.19. The fraction of sp³-hybridized carbons (Fsp3) is 0.200. The van der Waals surface area contributed by atoms with Gasteiger partial charge in [0.05, 0.1) is 16.1 Å². The van der Waals surface area contributed by atoms with Gasteiger partial charge in [-0.15, -0.1) is 0 Å². The average Bonchev–Trinajstić information content (AvgIpc) is 2.40. The van der Waals surface area contributed by atoms with Crippen molar-refractivity contribution in [1.82, 2.24) is 5.32 Å². The Hall–Kier alpha value is -1.16. The van der Waals surface area contributed by atoms with Crippen LogP contribution in [0.25, 0.3) is 0 Å². The van der Waals surface area contributed by atoms with Crippen LogP contribution in [0.3, 0.4) is 0 Å². The highest BCUT2D eigenvalue weighted by atomic mass is 35.5. The molecular weight excluding hydrogens is 303 g/mol. The van der Waals surface area contributed by atoms with Gasteiger partial charge in [0.1, 0.15) is 11.6 Å². The van der Waals surface area contributed by atoms with Crippen molar-refractivity contribution in [2.24, 2.45) is 0 Å². The van der Waals surface area contributed by atoms with E-state index in [9.17, 15) is 8.78 Å². The molecule has 1 nitrogen and oxygen atoms in total. The summed E-state index contributed by atoms with van der Waals surface area (Å²) in [6.07, 6.45) is 0. The zero-order valence-corrected chi connectivity index (χ0v) is 12.5. The minimum Gasteiger partial charge on any atom is -0.309 e. The van der Waals surface area contributed by atoms with Crippen LogP contribution in [0.2, 0.25) is 10.0 Å². The van der Waals surface area contributed by atoms with Crippen molar-refractivity contribution in [1.29, 1.82) is 0 Å². The van der Waals surface area contributed by atoms with Crippen molar-refractivity contribution in [2.75, 3.05) is 7.05 Å². The molecule has 0 aromatic heterocycles. The maximum Gasteiger partial charge on any atom is 0.131 e. The lowest BCUT2D eigenvalue weighted by Crippen LogP contribution is -2.19. The molecule has 106 valence electrons. The summed E-state index contributed by atoms with van der Waals surface area (Å²) in [5, 5.41) is 3.83. The van der Waals surface area contributed by atoms with E-state index in [0.29, 0.717) is 21.2 Å². The summed E-state index contributed by atoms with van der Waals surface area (Å²) in [5.41, 5.74) is 1.51. The standard InChI is InChI=1S/C15H13Cl2F2N/c1-8-5-10(14(19)7-13(8)18)15(20-2)9-3-4-11(16)12(17)6-9/h3-7,15,20H,1-2H3. The molecule has 0 aliphatic carbocycles. The molecule has 0 saturated heterocycles. The van der Waals surface area contributed by atoms with E-state index < -0.39 is 17.7 Å². The molecule has 0 bridgehead atoms. The van der Waals surface area contributed by atoms with Gasteiger partial charge in [-0.1, -0.05) is 29.3 Å². The summed E-state index contributed by atoms with van der Waals surface area (Å²) in [5.74, 6) is -1.16. The van der Waals surface area contributed by atoms with Gasteiger partial charge >= 0.3 is 0 Å². The zero-order valence-electron chi connectivity index (χ0n) is 11.0. The van der Waals surface area contributed by atoms with Crippen LogP contribution in [0, 0.1) is 18.6 Å². The molecule has 0 amide bonds. The summed E-state index contributed by atoms with van der Waals surface area (Å²) in [4.78, 5) is 0. The Labute approximate surface area is 126 Å². The summed E-state index contributed by atoms with van der Waals surface area (Å²) < 4.78 is 27.3. The molecule has 1 unspecified atom stereocenters. The zero-order chi connectivity index (χ0) is 14.9. The lowest BCUT2D eigenvalue weighted by molar-refractivity contribution is 0.547. The minimum atomic E-state index is -0.599. The van der Waals surface area contributed by atoms with Crippen molar-refractivity contribution < 1.29 is 8.78 Å². The molecule has 1 N–H and O–H groups in total. The highest BCUT2D eigenvalue weighted by Crippen LogP contribution is 2.30. The van der Waals surface area contributed by atoms with Crippen LogP contribution in [0.15, 0.2) is 30.3 Å². The molecule has 20 heavy (non-hydrogen) atoms. The van der Waals surface area contributed by atoms with Crippen LogP contribution in [0.5, 0.6) is 0 Å². The normalized spacial score (nSPS) is 12.5. The van der Waals surface area contributed by atoms with E-state index in [-0.39, 0.29) is 0 Å². The van der Waals surface area contributed by atoms with Gasteiger partial charge in [-0.2, -0.15) is 0 Å². The van der Waals surface area contributed by atoms with E-state index in [1.807, 2.05) is 0 Å². The molecule has 0 aliphatic rings. The first-order valence-corrected chi connectivity index (χ1v) is 6.77. The van der Waals surface area contributed by atoms with Gasteiger partial charge in [-0.3, -0.25) is 0 Å². The summed E-state index contributed by atoms with van der Waals surface area (Å²) in [6.45, 7) is 1.60. The second-order valence-corrected chi connectivity index (χ2v) is 5.33. The monoisotopic (exact) mass is 315 g/mol.